The van der Waals surface area contributed by atoms with Crippen molar-refractivity contribution in [3.05, 3.63) is 56.2 Å². The van der Waals surface area contributed by atoms with Crippen molar-refractivity contribution in [1.82, 2.24) is 10.2 Å². The Hall–Kier alpha value is -1.70. The van der Waals surface area contributed by atoms with Gasteiger partial charge in [0.05, 0.1) is 24.6 Å². The largest absolute Gasteiger partial charge is 0.370 e. The van der Waals surface area contributed by atoms with Crippen LogP contribution < -0.4 is 5.32 Å². The molecule has 7 heteroatoms. The van der Waals surface area contributed by atoms with E-state index < -0.39 is 0 Å². The molecule has 1 aliphatic heterocycles. The normalized spacial score (nSPS) is 17.4. The molecule has 1 atom stereocenters. The number of ether oxygens (including phenoxy) is 1. The van der Waals surface area contributed by atoms with Gasteiger partial charge in [0.1, 0.15) is 6.10 Å². The van der Waals surface area contributed by atoms with Gasteiger partial charge in [0.2, 0.25) is 5.91 Å². The summed E-state index contributed by atoms with van der Waals surface area (Å²) in [5.74, 6) is -0.295. The van der Waals surface area contributed by atoms with E-state index >= 15 is 0 Å². The molecule has 0 radical (unpaired) electrons. The van der Waals surface area contributed by atoms with E-state index in [4.69, 9.17) is 4.74 Å². The second-order valence-electron chi connectivity index (χ2n) is 5.84. The Bertz CT molecular complexity index is 760. The number of hydrogen-bond donors (Lipinski definition) is 1. The van der Waals surface area contributed by atoms with Crippen LogP contribution in [0, 0.1) is 6.92 Å². The number of carbonyl (C=O) groups is 2. The first-order valence-electron chi connectivity index (χ1n) is 8.02. The molecule has 0 spiro atoms. The van der Waals surface area contributed by atoms with Gasteiger partial charge in [0.15, 0.2) is 0 Å². The first-order chi connectivity index (χ1) is 12.0. The molecule has 1 N–H and O–H groups in total. The maximum atomic E-state index is 12.4. The van der Waals surface area contributed by atoms with Gasteiger partial charge >= 0.3 is 0 Å². The molecule has 1 saturated heterocycles. The van der Waals surface area contributed by atoms with Crippen LogP contribution in [0.25, 0.3) is 0 Å². The first kappa shape index (κ1) is 18.1. The molecule has 25 heavy (non-hydrogen) atoms. The molecule has 0 aliphatic carbocycles. The Morgan fingerprint density at radius 1 is 1.28 bits per heavy atom. The summed E-state index contributed by atoms with van der Waals surface area (Å²) in [6.07, 6.45) is -0.138. The summed E-state index contributed by atoms with van der Waals surface area (Å²) in [4.78, 5) is 27.9. The van der Waals surface area contributed by atoms with Crippen LogP contribution in [0.4, 0.5) is 0 Å². The molecule has 0 saturated carbocycles. The summed E-state index contributed by atoms with van der Waals surface area (Å²) >= 11 is 4.84. The van der Waals surface area contributed by atoms with Crippen molar-refractivity contribution in [1.29, 1.82) is 0 Å². The zero-order valence-electron chi connectivity index (χ0n) is 13.8. The van der Waals surface area contributed by atoms with Gasteiger partial charge in [0, 0.05) is 15.9 Å². The van der Waals surface area contributed by atoms with Crippen molar-refractivity contribution in [3.8, 4) is 0 Å². The predicted octanol–water partition coefficient (Wildman–Crippen LogP) is 3.15. The molecular weight excluding hydrogens is 404 g/mol. The average molecular weight is 423 g/mol. The Morgan fingerprint density at radius 2 is 2.04 bits per heavy atom. The number of nitrogens with zero attached hydrogens (tertiary/aromatic N) is 1. The molecule has 1 aromatic heterocycles. The van der Waals surface area contributed by atoms with E-state index in [0.29, 0.717) is 24.6 Å². The van der Waals surface area contributed by atoms with Crippen molar-refractivity contribution >= 4 is 39.1 Å². The van der Waals surface area contributed by atoms with Crippen molar-refractivity contribution in [2.75, 3.05) is 26.2 Å². The molecule has 2 amide bonds. The smallest absolute Gasteiger partial charge is 0.261 e. The minimum absolute atomic E-state index is 0.00282. The summed E-state index contributed by atoms with van der Waals surface area (Å²) in [6, 6.07) is 11.6. The maximum Gasteiger partial charge on any atom is 0.261 e. The fourth-order valence-corrected chi connectivity index (χ4v) is 3.71. The molecule has 5 nitrogen and oxygen atoms in total. The van der Waals surface area contributed by atoms with Crippen molar-refractivity contribution in [3.63, 3.8) is 0 Å². The van der Waals surface area contributed by atoms with Gasteiger partial charge in [-0.05, 0) is 36.8 Å². The quantitative estimate of drug-likeness (QED) is 0.822. The fourth-order valence-electron chi connectivity index (χ4n) is 2.67. The van der Waals surface area contributed by atoms with Gasteiger partial charge in [0.25, 0.3) is 5.91 Å². The monoisotopic (exact) mass is 422 g/mol. The van der Waals surface area contributed by atoms with E-state index in [9.17, 15) is 9.59 Å². The third-order valence-electron chi connectivity index (χ3n) is 4.03. The second-order valence-corrected chi connectivity index (χ2v) is 8.05. The number of amides is 2. The predicted molar refractivity (Wildman–Crippen MR) is 101 cm³/mol. The lowest BCUT2D eigenvalue weighted by atomic mass is 10.1. The Morgan fingerprint density at radius 3 is 2.72 bits per heavy atom. The molecule has 132 valence electrons. The highest BCUT2D eigenvalue weighted by Gasteiger charge is 2.25. The minimum atomic E-state index is -0.204. The fraction of sp³-hybridized carbons (Fsp3) is 0.333. The third kappa shape index (κ3) is 4.68. The molecular formula is C18H19BrN2O3S. The van der Waals surface area contributed by atoms with E-state index in [0.717, 1.165) is 14.9 Å². The van der Waals surface area contributed by atoms with Crippen LogP contribution in [0.1, 0.15) is 26.2 Å². The molecule has 1 aromatic carbocycles. The van der Waals surface area contributed by atoms with Crippen LogP contribution in [-0.4, -0.2) is 43.0 Å². The highest BCUT2D eigenvalue weighted by molar-refractivity contribution is 9.10. The number of morpholine rings is 1. The molecule has 1 unspecified atom stereocenters. The number of hydrogen-bond acceptors (Lipinski definition) is 4. The maximum absolute atomic E-state index is 12.4. The van der Waals surface area contributed by atoms with Gasteiger partial charge in [-0.25, -0.2) is 0 Å². The Balaban J connectivity index is 1.54. The highest BCUT2D eigenvalue weighted by atomic mass is 79.9. The van der Waals surface area contributed by atoms with Gasteiger partial charge in [-0.1, -0.05) is 28.1 Å². The SMILES string of the molecule is Cc1ccc(C(=O)NCC(=O)N2CCOC(c3ccc(Br)cc3)C2)s1. The third-order valence-corrected chi connectivity index (χ3v) is 5.55. The first-order valence-corrected chi connectivity index (χ1v) is 9.63. The van der Waals surface area contributed by atoms with Crippen LogP contribution in [0.15, 0.2) is 40.9 Å². The highest BCUT2D eigenvalue weighted by Crippen LogP contribution is 2.24. The summed E-state index contributed by atoms with van der Waals surface area (Å²) in [5.41, 5.74) is 1.04. The second kappa shape index (κ2) is 8.12. The Labute approximate surface area is 159 Å². The number of aryl methyl sites for hydroxylation is 1. The Kier molecular flexibility index (Phi) is 5.88. The van der Waals surface area contributed by atoms with E-state index in [2.05, 4.69) is 21.2 Å². The van der Waals surface area contributed by atoms with E-state index in [1.54, 1.807) is 11.0 Å². The zero-order chi connectivity index (χ0) is 17.8. The van der Waals surface area contributed by atoms with E-state index in [1.165, 1.54) is 11.3 Å². The lowest BCUT2D eigenvalue weighted by molar-refractivity contribution is -0.137. The van der Waals surface area contributed by atoms with Gasteiger partial charge in [-0.15, -0.1) is 11.3 Å². The van der Waals surface area contributed by atoms with Gasteiger partial charge in [-0.3, -0.25) is 9.59 Å². The summed E-state index contributed by atoms with van der Waals surface area (Å²) in [5, 5.41) is 2.70. The summed E-state index contributed by atoms with van der Waals surface area (Å²) < 4.78 is 6.79. The molecule has 1 fully saturated rings. The lowest BCUT2D eigenvalue weighted by Gasteiger charge is -2.33. The van der Waals surface area contributed by atoms with Crippen LogP contribution in [-0.2, 0) is 9.53 Å². The molecule has 0 bridgehead atoms. The van der Waals surface area contributed by atoms with Crippen LogP contribution in [0.3, 0.4) is 0 Å². The molecule has 1 aliphatic rings. The molecule has 3 rings (SSSR count). The number of benzene rings is 1. The standard InChI is InChI=1S/C18H19BrN2O3S/c1-12-2-7-16(25-12)18(23)20-10-17(22)21-8-9-24-15(11-21)13-3-5-14(19)6-4-13/h2-7,15H,8-11H2,1H3,(H,20,23). The minimum Gasteiger partial charge on any atom is -0.370 e. The van der Waals surface area contributed by atoms with Crippen LogP contribution in [0.5, 0.6) is 0 Å². The lowest BCUT2D eigenvalue weighted by Crippen LogP contribution is -2.46. The van der Waals surface area contributed by atoms with Crippen LogP contribution >= 0.6 is 27.3 Å². The van der Waals surface area contributed by atoms with E-state index in [1.807, 2.05) is 37.3 Å². The van der Waals surface area contributed by atoms with Gasteiger partial charge in [-0.2, -0.15) is 0 Å². The zero-order valence-corrected chi connectivity index (χ0v) is 16.2. The number of carbonyl (C=O) groups excluding carboxylic acids is 2. The van der Waals surface area contributed by atoms with Crippen molar-refractivity contribution in [2.24, 2.45) is 0 Å². The number of thiophene rings is 1. The molecule has 2 heterocycles. The number of nitrogens with one attached hydrogen (secondary N) is 1. The average Bonchev–Trinajstić information content (AvgIpc) is 3.06. The van der Waals surface area contributed by atoms with Crippen LogP contribution in [0.2, 0.25) is 0 Å². The number of rotatable bonds is 4. The number of halogens is 1. The van der Waals surface area contributed by atoms with Gasteiger partial charge < -0.3 is 15.0 Å². The summed E-state index contributed by atoms with van der Waals surface area (Å²) in [7, 11) is 0. The topological polar surface area (TPSA) is 58.6 Å². The van der Waals surface area contributed by atoms with Crippen molar-refractivity contribution < 1.29 is 14.3 Å². The van der Waals surface area contributed by atoms with E-state index in [-0.39, 0.29) is 24.5 Å². The molecule has 2 aromatic rings. The van der Waals surface area contributed by atoms with Crippen molar-refractivity contribution in [2.45, 2.75) is 13.0 Å². The summed E-state index contributed by atoms with van der Waals surface area (Å²) in [6.45, 7) is 3.48.